The summed E-state index contributed by atoms with van der Waals surface area (Å²) in [5, 5.41) is 0.615. The summed E-state index contributed by atoms with van der Waals surface area (Å²) < 4.78 is 16.3. The number of alkyl halides is 1. The Bertz CT molecular complexity index is 845. The maximum Gasteiger partial charge on any atom is 0.138 e. The van der Waals surface area contributed by atoms with E-state index in [4.69, 9.17) is 23.2 Å². The lowest BCUT2D eigenvalue weighted by Crippen LogP contribution is -2.02. The van der Waals surface area contributed by atoms with Crippen molar-refractivity contribution in [2.45, 2.75) is 12.8 Å². The topological polar surface area (TPSA) is 17.8 Å². The van der Waals surface area contributed by atoms with Crippen molar-refractivity contribution >= 4 is 56.8 Å². The Balaban J connectivity index is 2.40. The molecule has 0 radical (unpaired) electrons. The molecule has 0 spiro atoms. The highest BCUT2D eigenvalue weighted by atomic mass is 127. The SMILES string of the molecule is Cc1ccc(Cl)cc1-n1c(CCl)nc2cc(I)c(F)cc21. The number of rotatable bonds is 2. The van der Waals surface area contributed by atoms with E-state index in [0.717, 1.165) is 16.8 Å². The van der Waals surface area contributed by atoms with Crippen LogP contribution in [0.4, 0.5) is 4.39 Å². The number of fused-ring (bicyclic) bond motifs is 1. The maximum absolute atomic E-state index is 13.9. The number of hydrogen-bond donors (Lipinski definition) is 0. The number of imidazole rings is 1. The third-order valence-corrected chi connectivity index (χ3v) is 4.60. The normalized spacial score (nSPS) is 11.3. The van der Waals surface area contributed by atoms with Crippen LogP contribution >= 0.6 is 45.8 Å². The molecule has 3 rings (SSSR count). The fourth-order valence-corrected chi connectivity index (χ4v) is 3.10. The minimum Gasteiger partial charge on any atom is -0.295 e. The second kappa shape index (κ2) is 5.74. The van der Waals surface area contributed by atoms with Gasteiger partial charge in [0.05, 0.1) is 26.2 Å². The Labute approximate surface area is 145 Å². The van der Waals surface area contributed by atoms with E-state index in [2.05, 4.69) is 4.98 Å². The summed E-state index contributed by atoms with van der Waals surface area (Å²) in [6, 6.07) is 8.79. The van der Waals surface area contributed by atoms with E-state index in [1.54, 1.807) is 6.07 Å². The van der Waals surface area contributed by atoms with Crippen LogP contribution in [0, 0.1) is 16.3 Å². The number of aryl methyl sites for hydroxylation is 1. The molecule has 108 valence electrons. The molecule has 6 heteroatoms. The molecule has 0 aliphatic carbocycles. The number of benzene rings is 2. The van der Waals surface area contributed by atoms with E-state index in [1.807, 2.05) is 52.3 Å². The van der Waals surface area contributed by atoms with Crippen LogP contribution in [-0.2, 0) is 5.88 Å². The molecule has 0 unspecified atom stereocenters. The first-order valence-corrected chi connectivity index (χ1v) is 8.19. The molecule has 0 saturated carbocycles. The largest absolute Gasteiger partial charge is 0.295 e. The zero-order chi connectivity index (χ0) is 15.1. The molecular weight excluding hydrogens is 425 g/mol. The Morgan fingerprint density at radius 2 is 2.05 bits per heavy atom. The van der Waals surface area contributed by atoms with Crippen molar-refractivity contribution in [3.05, 3.63) is 56.1 Å². The molecule has 0 aliphatic rings. The predicted octanol–water partition coefficient (Wildman–Crippen LogP) is 5.47. The standard InChI is InChI=1S/C15H10Cl2FIN2/c1-8-2-3-9(17)4-13(8)21-14-5-10(18)11(19)6-12(14)20-15(21)7-16/h2-6H,7H2,1H3. The second-order valence-corrected chi connectivity index (χ2v) is 6.55. The van der Waals surface area contributed by atoms with Gasteiger partial charge in [-0.3, -0.25) is 4.57 Å². The van der Waals surface area contributed by atoms with Crippen molar-refractivity contribution in [1.29, 1.82) is 0 Å². The molecule has 21 heavy (non-hydrogen) atoms. The summed E-state index contributed by atoms with van der Waals surface area (Å²) in [4.78, 5) is 4.50. The van der Waals surface area contributed by atoms with Crippen molar-refractivity contribution in [2.24, 2.45) is 0 Å². The Morgan fingerprint density at radius 1 is 1.29 bits per heavy atom. The Morgan fingerprint density at radius 3 is 2.76 bits per heavy atom. The molecule has 1 heterocycles. The van der Waals surface area contributed by atoms with E-state index in [0.29, 0.717) is 19.9 Å². The van der Waals surface area contributed by atoms with Crippen LogP contribution in [0.5, 0.6) is 0 Å². The van der Waals surface area contributed by atoms with Gasteiger partial charge in [-0.15, -0.1) is 11.6 Å². The zero-order valence-electron chi connectivity index (χ0n) is 11.0. The summed E-state index contributed by atoms with van der Waals surface area (Å²) in [6.07, 6.45) is 0. The predicted molar refractivity (Wildman–Crippen MR) is 93.0 cm³/mol. The van der Waals surface area contributed by atoms with Gasteiger partial charge in [0.15, 0.2) is 0 Å². The lowest BCUT2D eigenvalue weighted by atomic mass is 10.2. The van der Waals surface area contributed by atoms with E-state index >= 15 is 0 Å². The first-order chi connectivity index (χ1) is 10.0. The summed E-state index contributed by atoms with van der Waals surface area (Å²) in [5.74, 6) is 0.627. The highest BCUT2D eigenvalue weighted by molar-refractivity contribution is 14.1. The van der Waals surface area contributed by atoms with Gasteiger partial charge in [0.25, 0.3) is 0 Å². The van der Waals surface area contributed by atoms with Gasteiger partial charge in [0.2, 0.25) is 0 Å². The smallest absolute Gasteiger partial charge is 0.138 e. The van der Waals surface area contributed by atoms with Crippen molar-refractivity contribution in [1.82, 2.24) is 9.55 Å². The molecule has 0 aliphatic heterocycles. The van der Waals surface area contributed by atoms with Gasteiger partial charge < -0.3 is 0 Å². The first-order valence-electron chi connectivity index (χ1n) is 6.20. The van der Waals surface area contributed by atoms with Crippen LogP contribution in [-0.4, -0.2) is 9.55 Å². The number of nitrogens with zero attached hydrogens (tertiary/aromatic N) is 2. The van der Waals surface area contributed by atoms with E-state index in [-0.39, 0.29) is 11.7 Å². The van der Waals surface area contributed by atoms with Crippen molar-refractivity contribution in [3.63, 3.8) is 0 Å². The van der Waals surface area contributed by atoms with Crippen LogP contribution in [0.3, 0.4) is 0 Å². The monoisotopic (exact) mass is 434 g/mol. The number of halogens is 4. The van der Waals surface area contributed by atoms with E-state index in [9.17, 15) is 4.39 Å². The van der Waals surface area contributed by atoms with Gasteiger partial charge in [-0.1, -0.05) is 17.7 Å². The molecule has 0 bridgehead atoms. The van der Waals surface area contributed by atoms with Crippen molar-refractivity contribution in [3.8, 4) is 5.69 Å². The van der Waals surface area contributed by atoms with Crippen LogP contribution in [0.2, 0.25) is 5.02 Å². The van der Waals surface area contributed by atoms with Crippen molar-refractivity contribution in [2.75, 3.05) is 0 Å². The Kier molecular flexibility index (Phi) is 4.12. The summed E-state index contributed by atoms with van der Waals surface area (Å²) in [6.45, 7) is 1.97. The minimum atomic E-state index is -0.273. The molecular formula is C15H10Cl2FIN2. The van der Waals surface area contributed by atoms with Gasteiger partial charge in [-0.05, 0) is 53.3 Å². The lowest BCUT2D eigenvalue weighted by molar-refractivity contribution is 0.621. The average Bonchev–Trinajstić information content (AvgIpc) is 2.79. The fraction of sp³-hybridized carbons (Fsp3) is 0.133. The molecule has 0 saturated heterocycles. The van der Waals surface area contributed by atoms with Gasteiger partial charge in [0, 0.05) is 11.1 Å². The highest BCUT2D eigenvalue weighted by Crippen LogP contribution is 2.29. The average molecular weight is 435 g/mol. The molecule has 2 aromatic carbocycles. The Hall–Kier alpha value is -0.850. The van der Waals surface area contributed by atoms with Crippen LogP contribution < -0.4 is 0 Å². The van der Waals surface area contributed by atoms with Crippen LogP contribution in [0.1, 0.15) is 11.4 Å². The number of aromatic nitrogens is 2. The van der Waals surface area contributed by atoms with Gasteiger partial charge in [-0.25, -0.2) is 9.37 Å². The minimum absolute atomic E-state index is 0.235. The first kappa shape index (κ1) is 15.1. The molecule has 1 aromatic heterocycles. The summed E-state index contributed by atoms with van der Waals surface area (Å²) >= 11 is 14.1. The number of hydrogen-bond acceptors (Lipinski definition) is 1. The molecule has 0 atom stereocenters. The maximum atomic E-state index is 13.9. The second-order valence-electron chi connectivity index (χ2n) is 4.68. The van der Waals surface area contributed by atoms with Gasteiger partial charge in [-0.2, -0.15) is 0 Å². The van der Waals surface area contributed by atoms with E-state index in [1.165, 1.54) is 6.07 Å². The highest BCUT2D eigenvalue weighted by Gasteiger charge is 2.16. The summed E-state index contributed by atoms with van der Waals surface area (Å²) in [7, 11) is 0. The third kappa shape index (κ3) is 2.64. The van der Waals surface area contributed by atoms with Crippen molar-refractivity contribution < 1.29 is 4.39 Å². The molecule has 0 amide bonds. The molecule has 0 fully saturated rings. The van der Waals surface area contributed by atoms with Gasteiger partial charge in [0.1, 0.15) is 11.6 Å². The van der Waals surface area contributed by atoms with Gasteiger partial charge >= 0.3 is 0 Å². The summed E-state index contributed by atoms with van der Waals surface area (Å²) in [5.41, 5.74) is 3.29. The third-order valence-electron chi connectivity index (χ3n) is 3.30. The quantitative estimate of drug-likeness (QED) is 0.386. The van der Waals surface area contributed by atoms with E-state index < -0.39 is 0 Å². The fourth-order valence-electron chi connectivity index (χ4n) is 2.30. The molecule has 3 aromatic rings. The lowest BCUT2D eigenvalue weighted by Gasteiger charge is -2.11. The van der Waals surface area contributed by atoms with Crippen LogP contribution in [0.25, 0.3) is 16.7 Å². The molecule has 2 nitrogen and oxygen atoms in total. The zero-order valence-corrected chi connectivity index (χ0v) is 14.7. The molecule has 0 N–H and O–H groups in total. The van der Waals surface area contributed by atoms with Crippen LogP contribution in [0.15, 0.2) is 30.3 Å².